The van der Waals surface area contributed by atoms with Crippen molar-refractivity contribution in [1.29, 1.82) is 0 Å². The largest absolute Gasteiger partial charge is 0.459 e. The van der Waals surface area contributed by atoms with Gasteiger partial charge in [0.15, 0.2) is 0 Å². The molecule has 4 heterocycles. The summed E-state index contributed by atoms with van der Waals surface area (Å²) in [6.07, 6.45) is -0.376. The topological polar surface area (TPSA) is 91.3 Å². The van der Waals surface area contributed by atoms with E-state index in [-0.39, 0.29) is 35.7 Å². The third-order valence-electron chi connectivity index (χ3n) is 8.90. The molecule has 0 radical (unpaired) electrons. The van der Waals surface area contributed by atoms with Crippen molar-refractivity contribution in [2.45, 2.75) is 76.7 Å². The zero-order valence-corrected chi connectivity index (χ0v) is 16.1. The molecule has 9 atom stereocenters. The van der Waals surface area contributed by atoms with Crippen LogP contribution in [0.4, 0.5) is 0 Å². The zero-order valence-electron chi connectivity index (χ0n) is 16.1. The standard InChI is InChI=1S/C20H26O7/c1-9-8-24-12-6-18-11-5-10(16(2,3)4)17(18)7-13(21)26-15(17)27-20(18,14(22)25-11)19(9,12)23/h9-12,15,23H,5-8H2,1-4H3/t9-,10+,11?,12?,15?,17?,18?,19-,20?/m1/s1. The minimum Gasteiger partial charge on any atom is -0.459 e. The highest BCUT2D eigenvalue weighted by atomic mass is 16.7. The maximum absolute atomic E-state index is 13.3. The van der Waals surface area contributed by atoms with Crippen molar-refractivity contribution in [3.05, 3.63) is 0 Å². The lowest BCUT2D eigenvalue weighted by Crippen LogP contribution is -2.65. The summed E-state index contributed by atoms with van der Waals surface area (Å²) < 4.78 is 23.9. The van der Waals surface area contributed by atoms with Crippen LogP contribution in [0.3, 0.4) is 0 Å². The molecule has 1 N–H and O–H groups in total. The van der Waals surface area contributed by atoms with Gasteiger partial charge in [-0.2, -0.15) is 0 Å². The predicted octanol–water partition coefficient (Wildman–Crippen LogP) is 1.16. The van der Waals surface area contributed by atoms with Crippen LogP contribution in [0, 0.1) is 28.1 Å². The van der Waals surface area contributed by atoms with Gasteiger partial charge in [-0.05, 0) is 24.2 Å². The SMILES string of the molecule is C[C@@H]1COC2CC34C5C[C@@H](C(C)(C)C)C36CC(=O)OC6OC4(C(=O)O5)[C@]21O. The molecular formula is C20H26O7. The summed E-state index contributed by atoms with van der Waals surface area (Å²) in [7, 11) is 0. The van der Waals surface area contributed by atoms with Crippen LogP contribution >= 0.6 is 0 Å². The van der Waals surface area contributed by atoms with Crippen LogP contribution in [0.1, 0.15) is 47.0 Å². The number of fused-ring (bicyclic) bond motifs is 1. The van der Waals surface area contributed by atoms with Crippen molar-refractivity contribution in [2.24, 2.45) is 28.1 Å². The van der Waals surface area contributed by atoms with Crippen molar-refractivity contribution in [3.8, 4) is 0 Å². The molecule has 2 aliphatic carbocycles. The van der Waals surface area contributed by atoms with Crippen LogP contribution in [0.5, 0.6) is 0 Å². The number of ether oxygens (including phenoxy) is 4. The van der Waals surface area contributed by atoms with Gasteiger partial charge >= 0.3 is 11.9 Å². The quantitative estimate of drug-likeness (QED) is 0.633. The Kier molecular flexibility index (Phi) is 2.61. The predicted molar refractivity (Wildman–Crippen MR) is 89.1 cm³/mol. The Balaban J connectivity index is 1.66. The zero-order chi connectivity index (χ0) is 19.2. The molecule has 6 fully saturated rings. The first-order chi connectivity index (χ1) is 12.6. The van der Waals surface area contributed by atoms with Crippen LogP contribution in [0.2, 0.25) is 0 Å². The number of hydrogen-bond donors (Lipinski definition) is 1. The summed E-state index contributed by atoms with van der Waals surface area (Å²) in [5, 5.41) is 11.9. The van der Waals surface area contributed by atoms with E-state index < -0.39 is 40.4 Å². The van der Waals surface area contributed by atoms with E-state index in [1.54, 1.807) is 0 Å². The van der Waals surface area contributed by atoms with E-state index in [2.05, 4.69) is 20.8 Å². The van der Waals surface area contributed by atoms with E-state index in [0.717, 1.165) is 0 Å². The number of carbonyl (C=O) groups is 2. The first-order valence-corrected chi connectivity index (χ1v) is 9.98. The molecule has 0 amide bonds. The summed E-state index contributed by atoms with van der Waals surface area (Å²) in [6.45, 7) is 8.71. The molecule has 6 unspecified atom stereocenters. The average Bonchev–Trinajstić information content (AvgIpc) is 3.27. The maximum Gasteiger partial charge on any atom is 0.342 e. The molecule has 4 saturated heterocycles. The van der Waals surface area contributed by atoms with Gasteiger partial charge < -0.3 is 24.1 Å². The van der Waals surface area contributed by atoms with Gasteiger partial charge in [0.2, 0.25) is 11.9 Å². The second kappa shape index (κ2) is 4.21. The van der Waals surface area contributed by atoms with Gasteiger partial charge in [0.25, 0.3) is 0 Å². The Hall–Kier alpha value is -1.18. The van der Waals surface area contributed by atoms with Crippen LogP contribution in [-0.4, -0.2) is 53.4 Å². The molecule has 6 rings (SSSR count). The molecular weight excluding hydrogens is 352 g/mol. The molecule has 6 aliphatic rings. The summed E-state index contributed by atoms with van der Waals surface area (Å²) in [6, 6.07) is 0. The number of aliphatic hydroxyl groups is 1. The summed E-state index contributed by atoms with van der Waals surface area (Å²) in [5.74, 6) is -1.00. The van der Waals surface area contributed by atoms with Crippen LogP contribution in [-0.2, 0) is 28.5 Å². The average molecular weight is 378 g/mol. The number of hydrogen-bond acceptors (Lipinski definition) is 7. The first kappa shape index (κ1) is 16.7. The van der Waals surface area contributed by atoms with Crippen molar-refractivity contribution in [2.75, 3.05) is 6.61 Å². The number of carbonyl (C=O) groups excluding carboxylic acids is 2. The monoisotopic (exact) mass is 378 g/mol. The van der Waals surface area contributed by atoms with E-state index in [4.69, 9.17) is 18.9 Å². The lowest BCUT2D eigenvalue weighted by Gasteiger charge is -2.45. The molecule has 27 heavy (non-hydrogen) atoms. The molecule has 7 heteroatoms. The van der Waals surface area contributed by atoms with Crippen molar-refractivity contribution < 1.29 is 33.6 Å². The van der Waals surface area contributed by atoms with Crippen LogP contribution < -0.4 is 0 Å². The Morgan fingerprint density at radius 2 is 1.89 bits per heavy atom. The number of esters is 2. The summed E-state index contributed by atoms with van der Waals surface area (Å²) >= 11 is 0. The fourth-order valence-corrected chi connectivity index (χ4v) is 8.14. The smallest absolute Gasteiger partial charge is 0.342 e. The molecule has 2 spiro atoms. The van der Waals surface area contributed by atoms with Gasteiger partial charge in [-0.3, -0.25) is 4.79 Å². The highest BCUT2D eigenvalue weighted by Crippen LogP contribution is 2.84. The normalized spacial score (nSPS) is 60.1. The van der Waals surface area contributed by atoms with Gasteiger partial charge in [-0.25, -0.2) is 4.79 Å². The van der Waals surface area contributed by atoms with Gasteiger partial charge in [-0.1, -0.05) is 27.7 Å². The van der Waals surface area contributed by atoms with E-state index in [1.807, 2.05) is 6.92 Å². The van der Waals surface area contributed by atoms with Crippen LogP contribution in [0.15, 0.2) is 0 Å². The Bertz CT molecular complexity index is 788. The Morgan fingerprint density at radius 3 is 2.59 bits per heavy atom. The lowest BCUT2D eigenvalue weighted by molar-refractivity contribution is -0.238. The van der Waals surface area contributed by atoms with Gasteiger partial charge in [0.05, 0.1) is 30.0 Å². The first-order valence-electron chi connectivity index (χ1n) is 9.98. The van der Waals surface area contributed by atoms with Crippen LogP contribution in [0.25, 0.3) is 0 Å². The van der Waals surface area contributed by atoms with E-state index >= 15 is 0 Å². The molecule has 0 aromatic heterocycles. The highest BCUT2D eigenvalue weighted by molar-refractivity contribution is 5.90. The van der Waals surface area contributed by atoms with Crippen molar-refractivity contribution >= 4 is 11.9 Å². The Morgan fingerprint density at radius 1 is 1.15 bits per heavy atom. The fraction of sp³-hybridized carbons (Fsp3) is 0.900. The Labute approximate surface area is 157 Å². The molecule has 0 bridgehead atoms. The highest BCUT2D eigenvalue weighted by Gasteiger charge is 2.98. The van der Waals surface area contributed by atoms with Gasteiger partial charge in [0.1, 0.15) is 11.7 Å². The molecule has 4 aliphatic heterocycles. The summed E-state index contributed by atoms with van der Waals surface area (Å²) in [5.41, 5.74) is -4.59. The molecule has 7 nitrogen and oxygen atoms in total. The van der Waals surface area contributed by atoms with E-state index in [1.165, 1.54) is 0 Å². The third kappa shape index (κ3) is 1.30. The second-order valence-corrected chi connectivity index (χ2v) is 10.6. The third-order valence-corrected chi connectivity index (χ3v) is 8.90. The molecule has 0 aromatic carbocycles. The molecule has 0 aromatic rings. The minimum atomic E-state index is -1.52. The van der Waals surface area contributed by atoms with Crippen molar-refractivity contribution in [3.63, 3.8) is 0 Å². The van der Waals surface area contributed by atoms with E-state index in [9.17, 15) is 14.7 Å². The summed E-state index contributed by atoms with van der Waals surface area (Å²) in [4.78, 5) is 25.7. The number of rotatable bonds is 0. The van der Waals surface area contributed by atoms with Gasteiger partial charge in [0, 0.05) is 5.92 Å². The molecule has 2 saturated carbocycles. The van der Waals surface area contributed by atoms with Gasteiger partial charge in [-0.15, -0.1) is 0 Å². The second-order valence-electron chi connectivity index (χ2n) is 10.6. The maximum atomic E-state index is 13.3. The van der Waals surface area contributed by atoms with Crippen molar-refractivity contribution in [1.82, 2.24) is 0 Å². The molecule has 148 valence electrons. The minimum absolute atomic E-state index is 0.0687. The lowest BCUT2D eigenvalue weighted by atomic mass is 9.52. The van der Waals surface area contributed by atoms with E-state index in [0.29, 0.717) is 19.4 Å². The fourth-order valence-electron chi connectivity index (χ4n) is 8.14.